The first-order chi connectivity index (χ1) is 12.8. The monoisotopic (exact) mass is 344 g/mol. The summed E-state index contributed by atoms with van der Waals surface area (Å²) < 4.78 is 5.54. The van der Waals surface area contributed by atoms with Crippen LogP contribution in [0, 0.1) is 0 Å². The first-order valence-electron chi connectivity index (χ1n) is 8.61. The molecule has 1 N–H and O–H groups in total. The van der Waals surface area contributed by atoms with E-state index in [1.165, 1.54) is 0 Å². The molecule has 130 valence electrons. The fraction of sp³-hybridized carbons (Fsp3) is 0.136. The first kappa shape index (κ1) is 16.2. The lowest BCUT2D eigenvalue weighted by Crippen LogP contribution is -2.42. The van der Waals surface area contributed by atoms with Crippen molar-refractivity contribution >= 4 is 11.6 Å². The average molecular weight is 344 g/mol. The second kappa shape index (κ2) is 6.92. The largest absolute Gasteiger partial charge is 0.496 e. The van der Waals surface area contributed by atoms with E-state index < -0.39 is 0 Å². The summed E-state index contributed by atoms with van der Waals surface area (Å²) in [7, 11) is 1.65. The Morgan fingerprint density at radius 2 is 1.62 bits per heavy atom. The van der Waals surface area contributed by atoms with Crippen LogP contribution in [-0.4, -0.2) is 17.9 Å². The zero-order chi connectivity index (χ0) is 17.9. The van der Waals surface area contributed by atoms with Crippen LogP contribution in [0.1, 0.15) is 27.7 Å². The number of anilines is 1. The molecule has 3 aromatic carbocycles. The van der Waals surface area contributed by atoms with Gasteiger partial charge in [-0.3, -0.25) is 4.79 Å². The maximum absolute atomic E-state index is 13.2. The summed E-state index contributed by atoms with van der Waals surface area (Å²) >= 11 is 0. The first-order valence-corrected chi connectivity index (χ1v) is 8.61. The van der Waals surface area contributed by atoms with Crippen molar-refractivity contribution in [2.75, 3.05) is 12.4 Å². The highest BCUT2D eigenvalue weighted by Crippen LogP contribution is 2.37. The van der Waals surface area contributed by atoms with Gasteiger partial charge in [-0.2, -0.15) is 0 Å². The van der Waals surface area contributed by atoms with Crippen LogP contribution >= 0.6 is 0 Å². The van der Waals surface area contributed by atoms with Gasteiger partial charge < -0.3 is 15.0 Å². The topological polar surface area (TPSA) is 41.6 Å². The summed E-state index contributed by atoms with van der Waals surface area (Å²) in [5.41, 5.74) is 3.56. The number of hydrogen-bond acceptors (Lipinski definition) is 3. The number of amides is 1. The Hall–Kier alpha value is -3.27. The highest BCUT2D eigenvalue weighted by Gasteiger charge is 2.34. The van der Waals surface area contributed by atoms with Gasteiger partial charge in [0.15, 0.2) is 0 Å². The number of methoxy groups -OCH3 is 1. The second-order valence-corrected chi connectivity index (χ2v) is 6.25. The molecular formula is C22H20N2O2. The molecule has 1 heterocycles. The van der Waals surface area contributed by atoms with Crippen LogP contribution in [0.2, 0.25) is 0 Å². The lowest BCUT2D eigenvalue weighted by Gasteiger charge is -2.38. The highest BCUT2D eigenvalue weighted by atomic mass is 16.5. The molecule has 26 heavy (non-hydrogen) atoms. The molecule has 1 aliphatic heterocycles. The average Bonchev–Trinajstić information content (AvgIpc) is 2.71. The van der Waals surface area contributed by atoms with Crippen molar-refractivity contribution in [2.45, 2.75) is 12.7 Å². The molecule has 0 fully saturated rings. The van der Waals surface area contributed by atoms with Crippen LogP contribution in [-0.2, 0) is 6.54 Å². The minimum Gasteiger partial charge on any atom is -0.496 e. The number of para-hydroxylation sites is 2. The molecule has 1 atom stereocenters. The van der Waals surface area contributed by atoms with Gasteiger partial charge in [0.1, 0.15) is 11.9 Å². The van der Waals surface area contributed by atoms with Gasteiger partial charge >= 0.3 is 0 Å². The van der Waals surface area contributed by atoms with Crippen molar-refractivity contribution in [3.63, 3.8) is 0 Å². The molecule has 0 saturated carbocycles. The molecule has 1 amide bonds. The molecule has 4 nitrogen and oxygen atoms in total. The van der Waals surface area contributed by atoms with Gasteiger partial charge in [0, 0.05) is 17.8 Å². The quantitative estimate of drug-likeness (QED) is 0.760. The Bertz CT molecular complexity index is 924. The van der Waals surface area contributed by atoms with Crippen LogP contribution in [0.3, 0.4) is 0 Å². The zero-order valence-corrected chi connectivity index (χ0v) is 14.6. The van der Waals surface area contributed by atoms with Gasteiger partial charge in [-0.15, -0.1) is 0 Å². The minimum absolute atomic E-state index is 0.0131. The number of hydrogen-bond donors (Lipinski definition) is 1. The van der Waals surface area contributed by atoms with E-state index in [2.05, 4.69) is 5.32 Å². The SMILES string of the molecule is COc1ccccc1C1Nc2ccccc2C(=O)N1Cc1ccccc1. The molecule has 3 aromatic rings. The molecule has 4 rings (SSSR count). The van der Waals surface area contributed by atoms with E-state index in [1.54, 1.807) is 7.11 Å². The number of nitrogens with one attached hydrogen (secondary N) is 1. The van der Waals surface area contributed by atoms with Crippen LogP contribution in [0.15, 0.2) is 78.9 Å². The van der Waals surface area contributed by atoms with Gasteiger partial charge in [-0.05, 0) is 23.8 Å². The lowest BCUT2D eigenvalue weighted by molar-refractivity contribution is 0.0664. The van der Waals surface area contributed by atoms with E-state index in [9.17, 15) is 4.79 Å². The third kappa shape index (κ3) is 2.90. The van der Waals surface area contributed by atoms with Gasteiger partial charge in [0.25, 0.3) is 5.91 Å². The summed E-state index contributed by atoms with van der Waals surface area (Å²) in [4.78, 5) is 15.1. The molecule has 0 bridgehead atoms. The number of nitrogens with zero attached hydrogens (tertiary/aromatic N) is 1. The van der Waals surface area contributed by atoms with E-state index >= 15 is 0 Å². The normalized spacial score (nSPS) is 16.0. The van der Waals surface area contributed by atoms with Gasteiger partial charge in [0.2, 0.25) is 0 Å². The minimum atomic E-state index is -0.297. The molecule has 0 spiro atoms. The number of fused-ring (bicyclic) bond motifs is 1. The second-order valence-electron chi connectivity index (χ2n) is 6.25. The van der Waals surface area contributed by atoms with Gasteiger partial charge in [-0.1, -0.05) is 60.7 Å². The Morgan fingerprint density at radius 1 is 0.923 bits per heavy atom. The fourth-order valence-electron chi connectivity index (χ4n) is 3.37. The molecule has 0 saturated heterocycles. The van der Waals surface area contributed by atoms with E-state index in [-0.39, 0.29) is 12.1 Å². The van der Waals surface area contributed by atoms with Crippen molar-refractivity contribution in [2.24, 2.45) is 0 Å². The van der Waals surface area contributed by atoms with Crippen LogP contribution in [0.5, 0.6) is 5.75 Å². The lowest BCUT2D eigenvalue weighted by atomic mass is 10.0. The van der Waals surface area contributed by atoms with E-state index in [1.807, 2.05) is 83.8 Å². The van der Waals surface area contributed by atoms with Crippen molar-refractivity contribution in [1.29, 1.82) is 0 Å². The van der Waals surface area contributed by atoms with Crippen molar-refractivity contribution in [3.8, 4) is 5.75 Å². The third-order valence-electron chi connectivity index (χ3n) is 4.65. The Balaban J connectivity index is 1.79. The Morgan fingerprint density at radius 3 is 2.42 bits per heavy atom. The number of carbonyl (C=O) groups is 1. The summed E-state index contributed by atoms with van der Waals surface area (Å²) in [5.74, 6) is 0.773. The maximum Gasteiger partial charge on any atom is 0.258 e. The van der Waals surface area contributed by atoms with E-state index in [0.29, 0.717) is 12.1 Å². The van der Waals surface area contributed by atoms with Crippen LogP contribution in [0.25, 0.3) is 0 Å². The summed E-state index contributed by atoms with van der Waals surface area (Å²) in [6, 6.07) is 25.5. The standard InChI is InChI=1S/C22H20N2O2/c1-26-20-14-8-6-12-18(20)21-23-19-13-7-5-11-17(19)22(25)24(21)15-16-9-3-2-4-10-16/h2-14,21,23H,15H2,1H3. The Labute approximate surface area is 153 Å². The number of benzene rings is 3. The van der Waals surface area contributed by atoms with Crippen molar-refractivity contribution in [1.82, 2.24) is 4.90 Å². The predicted octanol–water partition coefficient (Wildman–Crippen LogP) is 4.46. The predicted molar refractivity (Wildman–Crippen MR) is 102 cm³/mol. The molecular weight excluding hydrogens is 324 g/mol. The van der Waals surface area contributed by atoms with Crippen LogP contribution in [0.4, 0.5) is 5.69 Å². The molecule has 0 aliphatic carbocycles. The molecule has 0 radical (unpaired) electrons. The van der Waals surface area contributed by atoms with Crippen molar-refractivity contribution in [3.05, 3.63) is 95.6 Å². The van der Waals surface area contributed by atoms with E-state index in [4.69, 9.17) is 4.74 Å². The highest BCUT2D eigenvalue weighted by molar-refractivity contribution is 6.01. The number of carbonyl (C=O) groups excluding carboxylic acids is 1. The molecule has 1 aliphatic rings. The van der Waals surface area contributed by atoms with Gasteiger partial charge in [0.05, 0.1) is 12.7 Å². The molecule has 1 unspecified atom stereocenters. The smallest absolute Gasteiger partial charge is 0.258 e. The van der Waals surface area contributed by atoms with Gasteiger partial charge in [-0.25, -0.2) is 0 Å². The Kier molecular flexibility index (Phi) is 4.32. The molecule has 4 heteroatoms. The maximum atomic E-state index is 13.2. The summed E-state index contributed by atoms with van der Waals surface area (Å²) in [5, 5.41) is 3.51. The van der Waals surface area contributed by atoms with Crippen LogP contribution < -0.4 is 10.1 Å². The number of ether oxygens (including phenoxy) is 1. The van der Waals surface area contributed by atoms with E-state index in [0.717, 1.165) is 22.6 Å². The summed E-state index contributed by atoms with van der Waals surface area (Å²) in [6.45, 7) is 0.518. The van der Waals surface area contributed by atoms with Crippen molar-refractivity contribution < 1.29 is 9.53 Å². The fourth-order valence-corrected chi connectivity index (χ4v) is 3.37. The number of rotatable bonds is 4. The molecule has 0 aromatic heterocycles. The summed E-state index contributed by atoms with van der Waals surface area (Å²) in [6.07, 6.45) is -0.297. The zero-order valence-electron chi connectivity index (χ0n) is 14.6. The third-order valence-corrected chi connectivity index (χ3v) is 4.65.